The molecule has 1 amide bonds. The van der Waals surface area contributed by atoms with Crippen LogP contribution < -0.4 is 5.56 Å². The molecule has 1 aromatic carbocycles. The minimum Gasteiger partial charge on any atom is -0.336 e. The van der Waals surface area contributed by atoms with Gasteiger partial charge in [-0.05, 0) is 42.0 Å². The number of aromatic nitrogens is 6. The van der Waals surface area contributed by atoms with Gasteiger partial charge in [0.05, 0.1) is 5.69 Å². The van der Waals surface area contributed by atoms with Crippen molar-refractivity contribution in [1.29, 1.82) is 0 Å². The maximum absolute atomic E-state index is 13.7. The summed E-state index contributed by atoms with van der Waals surface area (Å²) in [5.41, 5.74) is 2.08. The second-order valence-corrected chi connectivity index (χ2v) is 7.30. The fraction of sp³-hybridized carbons (Fsp3) is 0.400. The predicted octanol–water partition coefficient (Wildman–Crippen LogP) is 1.07. The van der Waals surface area contributed by atoms with Gasteiger partial charge in [0.25, 0.3) is 5.56 Å². The quantitative estimate of drug-likeness (QED) is 0.623. The summed E-state index contributed by atoms with van der Waals surface area (Å²) in [6, 6.07) is 6.98. The first-order valence-electron chi connectivity index (χ1n) is 9.84. The molecule has 0 spiro atoms. The zero-order chi connectivity index (χ0) is 21.3. The Labute approximate surface area is 172 Å². The SMILES string of the molecule is CCn1nc2c(cc1=O)CN(C(=O)C(Cc1cccc(F)c1)n1nnnc1C)CC2. The van der Waals surface area contributed by atoms with Crippen molar-refractivity contribution in [3.05, 3.63) is 69.1 Å². The van der Waals surface area contributed by atoms with Crippen molar-refractivity contribution >= 4 is 5.91 Å². The van der Waals surface area contributed by atoms with Crippen molar-refractivity contribution in [3.8, 4) is 0 Å². The molecule has 10 heteroatoms. The lowest BCUT2D eigenvalue weighted by Crippen LogP contribution is -2.43. The van der Waals surface area contributed by atoms with Gasteiger partial charge in [0.1, 0.15) is 17.7 Å². The lowest BCUT2D eigenvalue weighted by atomic mass is 10.0. The van der Waals surface area contributed by atoms with Crippen LogP contribution in [0.1, 0.15) is 35.6 Å². The molecule has 1 unspecified atom stereocenters. The van der Waals surface area contributed by atoms with Gasteiger partial charge < -0.3 is 4.90 Å². The summed E-state index contributed by atoms with van der Waals surface area (Å²) in [6.45, 7) is 4.85. The number of halogens is 1. The van der Waals surface area contributed by atoms with E-state index in [1.165, 1.54) is 21.5 Å². The Morgan fingerprint density at radius 2 is 2.13 bits per heavy atom. The monoisotopic (exact) mass is 411 g/mol. The summed E-state index contributed by atoms with van der Waals surface area (Å²) >= 11 is 0. The van der Waals surface area contributed by atoms with E-state index >= 15 is 0 Å². The number of nitrogens with zero attached hydrogens (tertiary/aromatic N) is 7. The number of amides is 1. The number of carbonyl (C=O) groups excluding carboxylic acids is 1. The Morgan fingerprint density at radius 3 is 2.83 bits per heavy atom. The number of rotatable bonds is 5. The van der Waals surface area contributed by atoms with Gasteiger partial charge in [-0.15, -0.1) is 5.10 Å². The maximum atomic E-state index is 13.7. The van der Waals surface area contributed by atoms with Gasteiger partial charge in [0.2, 0.25) is 5.91 Å². The van der Waals surface area contributed by atoms with E-state index < -0.39 is 6.04 Å². The number of fused-ring (bicyclic) bond motifs is 1. The molecule has 9 nitrogen and oxygen atoms in total. The Hall–Kier alpha value is -3.43. The predicted molar refractivity (Wildman–Crippen MR) is 105 cm³/mol. The highest BCUT2D eigenvalue weighted by molar-refractivity contribution is 5.81. The zero-order valence-electron chi connectivity index (χ0n) is 16.8. The third kappa shape index (κ3) is 3.85. The summed E-state index contributed by atoms with van der Waals surface area (Å²) in [6.07, 6.45) is 0.810. The van der Waals surface area contributed by atoms with Crippen LogP contribution in [-0.4, -0.2) is 47.3 Å². The molecule has 3 heterocycles. The first-order valence-corrected chi connectivity index (χ1v) is 9.84. The molecule has 0 radical (unpaired) electrons. The van der Waals surface area contributed by atoms with E-state index in [1.807, 2.05) is 6.92 Å². The maximum Gasteiger partial charge on any atom is 0.267 e. The molecule has 156 valence electrons. The molecule has 0 N–H and O–H groups in total. The standard InChI is InChI=1S/C20H22FN7O2/c1-3-27-19(29)11-15-12-26(8-7-17(15)23-27)20(30)18(28-13(2)22-24-25-28)10-14-5-4-6-16(21)9-14/h4-6,9,11,18H,3,7-8,10,12H2,1-2H3. The van der Waals surface area contributed by atoms with E-state index in [2.05, 4.69) is 20.6 Å². The fourth-order valence-corrected chi connectivity index (χ4v) is 3.76. The van der Waals surface area contributed by atoms with Gasteiger partial charge in [-0.2, -0.15) is 5.10 Å². The lowest BCUT2D eigenvalue weighted by molar-refractivity contribution is -0.136. The molecule has 0 aliphatic carbocycles. The lowest BCUT2D eigenvalue weighted by Gasteiger charge is -2.31. The minimum absolute atomic E-state index is 0.181. The molecule has 0 bridgehead atoms. The van der Waals surface area contributed by atoms with Gasteiger partial charge in [0, 0.05) is 44.1 Å². The topological polar surface area (TPSA) is 98.8 Å². The zero-order valence-corrected chi connectivity index (χ0v) is 16.8. The molecule has 0 fully saturated rings. The second kappa shape index (κ2) is 8.13. The van der Waals surface area contributed by atoms with Crippen molar-refractivity contribution < 1.29 is 9.18 Å². The molecule has 1 aliphatic heterocycles. The minimum atomic E-state index is -0.715. The third-order valence-corrected chi connectivity index (χ3v) is 5.31. The highest BCUT2D eigenvalue weighted by Gasteiger charge is 2.31. The van der Waals surface area contributed by atoms with Gasteiger partial charge >= 0.3 is 0 Å². The van der Waals surface area contributed by atoms with E-state index in [4.69, 9.17) is 0 Å². The molecule has 0 saturated heterocycles. The average Bonchev–Trinajstić information content (AvgIpc) is 3.16. The van der Waals surface area contributed by atoms with Gasteiger partial charge in [0.15, 0.2) is 0 Å². The summed E-state index contributed by atoms with van der Waals surface area (Å²) in [7, 11) is 0. The first-order chi connectivity index (χ1) is 14.5. The van der Waals surface area contributed by atoms with Crippen molar-refractivity contribution in [2.45, 2.75) is 45.8 Å². The first kappa shape index (κ1) is 19.9. The van der Waals surface area contributed by atoms with Crippen molar-refractivity contribution in [3.63, 3.8) is 0 Å². The average molecular weight is 411 g/mol. The van der Waals surface area contributed by atoms with Crippen LogP contribution in [0, 0.1) is 12.7 Å². The third-order valence-electron chi connectivity index (χ3n) is 5.31. The van der Waals surface area contributed by atoms with Crippen LogP contribution in [0.2, 0.25) is 0 Å². The molecule has 4 rings (SSSR count). The van der Waals surface area contributed by atoms with Crippen LogP contribution in [0.3, 0.4) is 0 Å². The van der Waals surface area contributed by atoms with Crippen LogP contribution in [0.15, 0.2) is 35.1 Å². The van der Waals surface area contributed by atoms with Gasteiger partial charge in [-0.1, -0.05) is 12.1 Å². The molecule has 2 aromatic heterocycles. The molecule has 1 aliphatic rings. The smallest absolute Gasteiger partial charge is 0.267 e. The highest BCUT2D eigenvalue weighted by Crippen LogP contribution is 2.23. The molecule has 1 atom stereocenters. The van der Waals surface area contributed by atoms with Crippen LogP contribution >= 0.6 is 0 Å². The summed E-state index contributed by atoms with van der Waals surface area (Å²) in [5, 5.41) is 15.9. The molecule has 30 heavy (non-hydrogen) atoms. The fourth-order valence-electron chi connectivity index (χ4n) is 3.76. The largest absolute Gasteiger partial charge is 0.336 e. The van der Waals surface area contributed by atoms with Crippen molar-refractivity contribution in [2.24, 2.45) is 0 Å². The Balaban J connectivity index is 1.63. The Kier molecular flexibility index (Phi) is 5.39. The molecule has 0 saturated carbocycles. The van der Waals surface area contributed by atoms with Crippen molar-refractivity contribution in [1.82, 2.24) is 34.9 Å². The summed E-state index contributed by atoms with van der Waals surface area (Å²) < 4.78 is 16.6. The number of hydrogen-bond donors (Lipinski definition) is 0. The van der Waals surface area contributed by atoms with E-state index in [0.717, 1.165) is 11.3 Å². The molecular weight excluding hydrogens is 389 g/mol. The van der Waals surface area contributed by atoms with E-state index in [1.54, 1.807) is 30.0 Å². The van der Waals surface area contributed by atoms with Crippen LogP contribution in [0.5, 0.6) is 0 Å². The highest BCUT2D eigenvalue weighted by atomic mass is 19.1. The van der Waals surface area contributed by atoms with Crippen LogP contribution in [-0.2, 0) is 30.7 Å². The number of carbonyl (C=O) groups is 1. The van der Waals surface area contributed by atoms with E-state index in [0.29, 0.717) is 37.4 Å². The Morgan fingerprint density at radius 1 is 1.30 bits per heavy atom. The molecule has 3 aromatic rings. The second-order valence-electron chi connectivity index (χ2n) is 7.30. The molecular formula is C20H22FN7O2. The number of benzene rings is 1. The normalized spacial score (nSPS) is 14.4. The Bertz CT molecular complexity index is 1140. The van der Waals surface area contributed by atoms with Gasteiger partial charge in [-0.25, -0.2) is 13.8 Å². The van der Waals surface area contributed by atoms with E-state index in [-0.39, 0.29) is 23.7 Å². The van der Waals surface area contributed by atoms with Crippen LogP contribution in [0.4, 0.5) is 4.39 Å². The number of aryl methyl sites for hydroxylation is 2. The van der Waals surface area contributed by atoms with Gasteiger partial charge in [-0.3, -0.25) is 9.59 Å². The van der Waals surface area contributed by atoms with E-state index in [9.17, 15) is 14.0 Å². The number of tetrazole rings is 1. The summed E-state index contributed by atoms with van der Waals surface area (Å²) in [5.74, 6) is -0.0491. The number of hydrogen-bond acceptors (Lipinski definition) is 6. The van der Waals surface area contributed by atoms with Crippen molar-refractivity contribution in [2.75, 3.05) is 6.54 Å². The summed E-state index contributed by atoms with van der Waals surface area (Å²) in [4.78, 5) is 27.3. The van der Waals surface area contributed by atoms with Crippen LogP contribution in [0.25, 0.3) is 0 Å².